The fourth-order valence-corrected chi connectivity index (χ4v) is 4.56. The molecule has 5 rings (SSSR count). The van der Waals surface area contributed by atoms with Gasteiger partial charge in [-0.2, -0.15) is 5.10 Å². The van der Waals surface area contributed by atoms with Crippen LogP contribution in [0.2, 0.25) is 0 Å². The third kappa shape index (κ3) is 7.29. The van der Waals surface area contributed by atoms with E-state index in [0.29, 0.717) is 31.5 Å². The normalized spacial score (nSPS) is 14.1. The van der Waals surface area contributed by atoms with Crippen molar-refractivity contribution in [1.82, 2.24) is 14.7 Å². The lowest BCUT2D eigenvalue weighted by Gasteiger charge is -2.25. The van der Waals surface area contributed by atoms with E-state index in [4.69, 9.17) is 14.6 Å². The van der Waals surface area contributed by atoms with Crippen LogP contribution in [-0.4, -0.2) is 45.6 Å². The second-order valence-electron chi connectivity index (χ2n) is 10.1. The van der Waals surface area contributed by atoms with Crippen LogP contribution in [0.3, 0.4) is 0 Å². The molecule has 0 amide bonds. The molecular weight excluding hydrogens is 500 g/mol. The number of aliphatic hydroxyl groups excluding tert-OH is 1. The Morgan fingerprint density at radius 2 is 1.74 bits per heavy atom. The quantitative estimate of drug-likeness (QED) is 0.227. The zero-order chi connectivity index (χ0) is 27.2. The summed E-state index contributed by atoms with van der Waals surface area (Å²) in [4.78, 5) is 2.18. The number of para-hydroxylation sites is 1. The van der Waals surface area contributed by atoms with Crippen molar-refractivity contribution in [1.29, 1.82) is 0 Å². The summed E-state index contributed by atoms with van der Waals surface area (Å²) in [5, 5.41) is 15.5. The van der Waals surface area contributed by atoms with E-state index >= 15 is 0 Å². The standard InChI is InChI=1S/C31H33F2N3O3/c1-22-28(19-35(17-23-12-13-23)18-27(37)21-38-20-24-8-4-2-5-9-24)31(36(34-22)26-10-6-3-7-11-26)39-30-15-14-25(32)16-29(30)33/h2-11,14-16,23,27,37H,12-13,17-21H2,1H3. The van der Waals surface area contributed by atoms with Crippen LogP contribution >= 0.6 is 0 Å². The van der Waals surface area contributed by atoms with Gasteiger partial charge < -0.3 is 14.6 Å². The Morgan fingerprint density at radius 1 is 1.03 bits per heavy atom. The number of aliphatic hydroxyl groups is 1. The van der Waals surface area contributed by atoms with Gasteiger partial charge in [0.1, 0.15) is 5.82 Å². The topological polar surface area (TPSA) is 59.8 Å². The highest BCUT2D eigenvalue weighted by atomic mass is 19.1. The molecule has 3 aromatic carbocycles. The zero-order valence-electron chi connectivity index (χ0n) is 22.0. The summed E-state index contributed by atoms with van der Waals surface area (Å²) < 4.78 is 41.7. The van der Waals surface area contributed by atoms with E-state index in [9.17, 15) is 13.9 Å². The largest absolute Gasteiger partial charge is 0.435 e. The highest BCUT2D eigenvalue weighted by Crippen LogP contribution is 2.35. The van der Waals surface area contributed by atoms with Crippen molar-refractivity contribution in [2.75, 3.05) is 19.7 Å². The molecule has 204 valence electrons. The van der Waals surface area contributed by atoms with Crippen molar-refractivity contribution in [3.63, 3.8) is 0 Å². The molecule has 1 aliphatic rings. The lowest BCUT2D eigenvalue weighted by atomic mass is 10.2. The van der Waals surface area contributed by atoms with Gasteiger partial charge in [-0.15, -0.1) is 0 Å². The average Bonchev–Trinajstić information content (AvgIpc) is 3.70. The molecule has 1 saturated carbocycles. The number of rotatable bonds is 13. The summed E-state index contributed by atoms with van der Waals surface area (Å²) in [6.45, 7) is 4.20. The summed E-state index contributed by atoms with van der Waals surface area (Å²) in [6, 6.07) is 22.6. The number of aryl methyl sites for hydroxylation is 1. The van der Waals surface area contributed by atoms with E-state index in [0.717, 1.165) is 48.0 Å². The molecule has 6 nitrogen and oxygen atoms in total. The molecule has 1 aliphatic carbocycles. The first kappa shape index (κ1) is 27.0. The van der Waals surface area contributed by atoms with E-state index in [1.165, 1.54) is 12.1 Å². The van der Waals surface area contributed by atoms with Crippen LogP contribution in [0.25, 0.3) is 5.69 Å². The summed E-state index contributed by atoms with van der Waals surface area (Å²) in [5.74, 6) is -0.615. The number of aromatic nitrogens is 2. The van der Waals surface area contributed by atoms with Crippen LogP contribution in [0.4, 0.5) is 8.78 Å². The SMILES string of the molecule is Cc1nn(-c2ccccc2)c(Oc2ccc(F)cc2F)c1CN(CC(O)COCc1ccccc1)CC1CC1. The molecular formula is C31H33F2N3O3. The van der Waals surface area contributed by atoms with Gasteiger partial charge in [0.2, 0.25) is 5.88 Å². The summed E-state index contributed by atoms with van der Waals surface area (Å²) >= 11 is 0. The van der Waals surface area contributed by atoms with E-state index in [1.807, 2.05) is 67.6 Å². The smallest absolute Gasteiger partial charge is 0.227 e. The molecule has 1 atom stereocenters. The second-order valence-corrected chi connectivity index (χ2v) is 10.1. The number of hydrogen-bond donors (Lipinski definition) is 1. The lowest BCUT2D eigenvalue weighted by Crippen LogP contribution is -2.36. The molecule has 1 aromatic heterocycles. The minimum atomic E-state index is -0.791. The minimum Gasteiger partial charge on any atom is -0.435 e. The molecule has 0 radical (unpaired) electrons. The Kier molecular flexibility index (Phi) is 8.66. The van der Waals surface area contributed by atoms with Crippen molar-refractivity contribution in [3.05, 3.63) is 107 Å². The molecule has 0 aliphatic heterocycles. The Bertz CT molecular complexity index is 1360. The van der Waals surface area contributed by atoms with E-state index in [1.54, 1.807) is 4.68 Å². The molecule has 0 saturated heterocycles. The average molecular weight is 534 g/mol. The third-order valence-corrected chi connectivity index (χ3v) is 6.72. The van der Waals surface area contributed by atoms with Crippen LogP contribution in [-0.2, 0) is 17.9 Å². The molecule has 1 N–H and O–H groups in total. The van der Waals surface area contributed by atoms with Gasteiger partial charge in [0, 0.05) is 25.7 Å². The summed E-state index contributed by atoms with van der Waals surface area (Å²) in [6.07, 6.45) is 1.63. The molecule has 8 heteroatoms. The van der Waals surface area contributed by atoms with E-state index < -0.39 is 17.7 Å². The maximum absolute atomic E-state index is 14.6. The van der Waals surface area contributed by atoms with Gasteiger partial charge in [-0.25, -0.2) is 13.5 Å². The highest BCUT2D eigenvalue weighted by Gasteiger charge is 2.28. The van der Waals surface area contributed by atoms with Crippen LogP contribution < -0.4 is 4.74 Å². The van der Waals surface area contributed by atoms with Gasteiger partial charge in [-0.3, -0.25) is 4.90 Å². The zero-order valence-corrected chi connectivity index (χ0v) is 22.0. The van der Waals surface area contributed by atoms with Crippen molar-refractivity contribution < 1.29 is 23.4 Å². The van der Waals surface area contributed by atoms with Gasteiger partial charge in [0.05, 0.1) is 36.3 Å². The molecule has 0 bridgehead atoms. The van der Waals surface area contributed by atoms with Crippen molar-refractivity contribution in [2.24, 2.45) is 5.92 Å². The minimum absolute atomic E-state index is 0.0854. The number of benzene rings is 3. The fourth-order valence-electron chi connectivity index (χ4n) is 4.56. The van der Waals surface area contributed by atoms with Crippen LogP contribution in [0.5, 0.6) is 11.6 Å². The Morgan fingerprint density at radius 3 is 2.44 bits per heavy atom. The van der Waals surface area contributed by atoms with Gasteiger partial charge >= 0.3 is 0 Å². The maximum Gasteiger partial charge on any atom is 0.227 e. The maximum atomic E-state index is 14.6. The number of ether oxygens (including phenoxy) is 2. The van der Waals surface area contributed by atoms with Crippen molar-refractivity contribution in [3.8, 4) is 17.3 Å². The Hall–Kier alpha value is -3.59. The van der Waals surface area contributed by atoms with Gasteiger partial charge in [0.15, 0.2) is 11.6 Å². The Balaban J connectivity index is 1.36. The molecule has 1 unspecified atom stereocenters. The van der Waals surface area contributed by atoms with Crippen LogP contribution in [0, 0.1) is 24.5 Å². The monoisotopic (exact) mass is 533 g/mol. The lowest BCUT2D eigenvalue weighted by molar-refractivity contribution is 0.00769. The molecule has 4 aromatic rings. The predicted molar refractivity (Wildman–Crippen MR) is 145 cm³/mol. The first-order valence-electron chi connectivity index (χ1n) is 13.2. The van der Waals surface area contributed by atoms with Crippen molar-refractivity contribution in [2.45, 2.75) is 39.0 Å². The van der Waals surface area contributed by atoms with Crippen LogP contribution in [0.15, 0.2) is 78.9 Å². The third-order valence-electron chi connectivity index (χ3n) is 6.72. The Labute approximate surface area is 227 Å². The highest BCUT2D eigenvalue weighted by molar-refractivity contribution is 5.43. The van der Waals surface area contributed by atoms with Crippen LogP contribution in [0.1, 0.15) is 29.7 Å². The first-order valence-corrected chi connectivity index (χ1v) is 13.2. The number of hydrogen-bond acceptors (Lipinski definition) is 5. The predicted octanol–water partition coefficient (Wildman–Crippen LogP) is 6.04. The van der Waals surface area contributed by atoms with E-state index in [2.05, 4.69) is 4.90 Å². The summed E-state index contributed by atoms with van der Waals surface area (Å²) in [5.41, 5.74) is 3.32. The molecule has 39 heavy (non-hydrogen) atoms. The van der Waals surface area contributed by atoms with Gasteiger partial charge in [0.25, 0.3) is 0 Å². The first-order chi connectivity index (χ1) is 19.0. The molecule has 1 fully saturated rings. The van der Waals surface area contributed by atoms with Gasteiger partial charge in [-0.05, 0) is 55.5 Å². The number of nitrogens with zero attached hydrogens (tertiary/aromatic N) is 3. The molecule has 1 heterocycles. The second kappa shape index (κ2) is 12.5. The number of halogens is 2. The fraction of sp³-hybridized carbons (Fsp3) is 0.323. The summed E-state index contributed by atoms with van der Waals surface area (Å²) in [7, 11) is 0. The molecule has 0 spiro atoms. The van der Waals surface area contributed by atoms with Crippen molar-refractivity contribution >= 4 is 0 Å². The van der Waals surface area contributed by atoms with Gasteiger partial charge in [-0.1, -0.05) is 48.5 Å². The van der Waals surface area contributed by atoms with E-state index in [-0.39, 0.29) is 12.4 Å².